The van der Waals surface area contributed by atoms with Gasteiger partial charge in [0.1, 0.15) is 11.3 Å². The Hall–Kier alpha value is -3.00. The SMILES string of the molecule is O=[N+]([O-])c1ccc([O-])c(/C=N/c2nc3c(O)cccc3s2)c1. The van der Waals surface area contributed by atoms with Crippen molar-refractivity contribution in [2.45, 2.75) is 0 Å². The molecule has 0 saturated heterocycles. The third-order valence-electron chi connectivity index (χ3n) is 2.90. The van der Waals surface area contributed by atoms with Crippen LogP contribution in [0.25, 0.3) is 10.2 Å². The molecule has 0 amide bonds. The number of hydrogen-bond acceptors (Lipinski definition) is 7. The lowest BCUT2D eigenvalue weighted by Gasteiger charge is -2.08. The van der Waals surface area contributed by atoms with Gasteiger partial charge < -0.3 is 10.2 Å². The van der Waals surface area contributed by atoms with Gasteiger partial charge in [0, 0.05) is 18.3 Å². The summed E-state index contributed by atoms with van der Waals surface area (Å²) >= 11 is 1.24. The number of aliphatic imine (C=N–C) groups is 1. The number of benzene rings is 2. The first-order valence-electron chi connectivity index (χ1n) is 6.12. The zero-order chi connectivity index (χ0) is 15.7. The molecule has 0 spiro atoms. The molecule has 0 saturated carbocycles. The minimum absolute atomic E-state index is 0.0510. The van der Waals surface area contributed by atoms with Crippen LogP contribution in [-0.2, 0) is 0 Å². The standard InChI is InChI=1S/C14H9N3O4S/c18-10-5-4-9(17(20)21)6-8(10)7-15-14-16-13-11(19)2-1-3-12(13)22-14/h1-7,18-19H/p-1/b15-7+. The normalized spacial score (nSPS) is 11.3. The van der Waals surface area contributed by atoms with Crippen molar-refractivity contribution in [2.75, 3.05) is 0 Å². The van der Waals surface area contributed by atoms with E-state index < -0.39 is 4.92 Å². The highest BCUT2D eigenvalue weighted by molar-refractivity contribution is 7.22. The summed E-state index contributed by atoms with van der Waals surface area (Å²) in [6.07, 6.45) is 1.24. The molecule has 0 aliphatic heterocycles. The van der Waals surface area contributed by atoms with Crippen LogP contribution in [0.2, 0.25) is 0 Å². The number of hydrogen-bond donors (Lipinski definition) is 1. The molecule has 0 atom stereocenters. The van der Waals surface area contributed by atoms with Crippen molar-refractivity contribution in [1.82, 2.24) is 4.98 Å². The van der Waals surface area contributed by atoms with E-state index >= 15 is 0 Å². The Labute approximate surface area is 128 Å². The average molecular weight is 314 g/mol. The lowest BCUT2D eigenvalue weighted by atomic mass is 10.2. The Balaban J connectivity index is 1.97. The first kappa shape index (κ1) is 14.0. The van der Waals surface area contributed by atoms with E-state index in [4.69, 9.17) is 0 Å². The predicted octanol–water partition coefficient (Wildman–Crippen LogP) is 2.73. The Morgan fingerprint density at radius 3 is 2.86 bits per heavy atom. The summed E-state index contributed by atoms with van der Waals surface area (Å²) in [5.74, 6) is -0.312. The van der Waals surface area contributed by atoms with E-state index in [1.165, 1.54) is 23.6 Å². The van der Waals surface area contributed by atoms with E-state index in [9.17, 15) is 20.3 Å². The van der Waals surface area contributed by atoms with Crippen molar-refractivity contribution >= 4 is 38.6 Å². The number of phenols is 1. The summed E-state index contributed by atoms with van der Waals surface area (Å²) in [7, 11) is 0. The third-order valence-corrected chi connectivity index (χ3v) is 3.83. The number of thiazole rings is 1. The molecule has 1 aromatic heterocycles. The second-order valence-corrected chi connectivity index (χ2v) is 5.37. The minimum atomic E-state index is -0.577. The number of rotatable bonds is 3. The van der Waals surface area contributed by atoms with Crippen molar-refractivity contribution in [2.24, 2.45) is 4.99 Å². The van der Waals surface area contributed by atoms with Crippen molar-refractivity contribution in [3.05, 3.63) is 52.1 Å². The number of fused-ring (bicyclic) bond motifs is 1. The summed E-state index contributed by atoms with van der Waals surface area (Å²) in [6, 6.07) is 8.44. The Bertz CT molecular complexity index is 904. The van der Waals surface area contributed by atoms with Crippen molar-refractivity contribution < 1.29 is 15.1 Å². The Morgan fingerprint density at radius 1 is 1.32 bits per heavy atom. The van der Waals surface area contributed by atoms with Crippen LogP contribution in [0.5, 0.6) is 11.5 Å². The lowest BCUT2D eigenvalue weighted by Crippen LogP contribution is -1.97. The van der Waals surface area contributed by atoms with Crippen molar-refractivity contribution in [1.29, 1.82) is 0 Å². The highest BCUT2D eigenvalue weighted by Gasteiger charge is 2.07. The molecule has 2 aromatic carbocycles. The fourth-order valence-electron chi connectivity index (χ4n) is 1.85. The van der Waals surface area contributed by atoms with Gasteiger partial charge in [-0.1, -0.05) is 29.2 Å². The molecule has 1 heterocycles. The summed E-state index contributed by atoms with van der Waals surface area (Å²) in [4.78, 5) is 18.4. The molecule has 22 heavy (non-hydrogen) atoms. The van der Waals surface area contributed by atoms with E-state index in [0.29, 0.717) is 10.6 Å². The number of aromatic hydroxyl groups is 1. The van der Waals surface area contributed by atoms with E-state index in [2.05, 4.69) is 9.98 Å². The van der Waals surface area contributed by atoms with Crippen LogP contribution in [-0.4, -0.2) is 21.2 Å². The number of aromatic nitrogens is 1. The van der Waals surface area contributed by atoms with Gasteiger partial charge in [-0.15, -0.1) is 0 Å². The first-order valence-corrected chi connectivity index (χ1v) is 6.94. The maximum absolute atomic E-state index is 11.7. The van der Waals surface area contributed by atoms with Gasteiger partial charge in [0.15, 0.2) is 0 Å². The van der Waals surface area contributed by atoms with Crippen LogP contribution in [0.1, 0.15) is 5.56 Å². The molecule has 110 valence electrons. The van der Waals surface area contributed by atoms with Gasteiger partial charge in [0.25, 0.3) is 5.69 Å². The zero-order valence-corrected chi connectivity index (χ0v) is 11.8. The second-order valence-electron chi connectivity index (χ2n) is 4.36. The molecule has 0 radical (unpaired) electrons. The molecular formula is C14H8N3O4S-. The first-order chi connectivity index (χ1) is 10.5. The largest absolute Gasteiger partial charge is 0.872 e. The molecule has 1 N–H and O–H groups in total. The van der Waals surface area contributed by atoms with Crippen molar-refractivity contribution in [3.63, 3.8) is 0 Å². The quantitative estimate of drug-likeness (QED) is 0.454. The number of para-hydroxylation sites is 1. The Kier molecular flexibility index (Phi) is 3.43. The van der Waals surface area contributed by atoms with Crippen LogP contribution in [0.15, 0.2) is 41.4 Å². The number of nitrogens with zero attached hydrogens (tertiary/aromatic N) is 3. The second kappa shape index (κ2) is 5.41. The average Bonchev–Trinajstić information content (AvgIpc) is 2.90. The summed E-state index contributed by atoms with van der Waals surface area (Å²) in [5.41, 5.74) is 0.363. The predicted molar refractivity (Wildman–Crippen MR) is 81.1 cm³/mol. The molecule has 7 nitrogen and oxygen atoms in total. The maximum Gasteiger partial charge on any atom is 0.270 e. The molecule has 0 unspecified atom stereocenters. The smallest absolute Gasteiger partial charge is 0.270 e. The monoisotopic (exact) mass is 314 g/mol. The molecule has 0 aliphatic carbocycles. The fraction of sp³-hybridized carbons (Fsp3) is 0. The third kappa shape index (κ3) is 2.59. The van der Waals surface area contributed by atoms with E-state index in [-0.39, 0.29) is 22.7 Å². The lowest BCUT2D eigenvalue weighted by molar-refractivity contribution is -0.385. The van der Waals surface area contributed by atoms with Gasteiger partial charge in [-0.2, -0.15) is 0 Å². The van der Waals surface area contributed by atoms with E-state index in [0.717, 1.165) is 22.9 Å². The highest BCUT2D eigenvalue weighted by atomic mass is 32.1. The molecular weight excluding hydrogens is 306 g/mol. The van der Waals surface area contributed by atoms with Gasteiger partial charge in [0.05, 0.1) is 9.62 Å². The fourth-order valence-corrected chi connectivity index (χ4v) is 2.69. The maximum atomic E-state index is 11.7. The van der Waals surface area contributed by atoms with Crippen molar-refractivity contribution in [3.8, 4) is 11.5 Å². The zero-order valence-electron chi connectivity index (χ0n) is 11.0. The summed E-state index contributed by atoms with van der Waals surface area (Å²) in [5, 5.41) is 32.4. The van der Waals surface area contributed by atoms with E-state index in [1.54, 1.807) is 12.1 Å². The molecule has 0 fully saturated rings. The van der Waals surface area contributed by atoms with Gasteiger partial charge in [-0.3, -0.25) is 10.1 Å². The van der Waals surface area contributed by atoms with Gasteiger partial charge >= 0.3 is 0 Å². The molecule has 8 heteroatoms. The summed E-state index contributed by atoms with van der Waals surface area (Å²) < 4.78 is 0.758. The number of non-ortho nitro benzene ring substituents is 1. The van der Waals surface area contributed by atoms with Crippen LogP contribution in [0.3, 0.4) is 0 Å². The summed E-state index contributed by atoms with van der Waals surface area (Å²) in [6.45, 7) is 0. The van der Waals surface area contributed by atoms with Gasteiger partial charge in [0.2, 0.25) is 5.13 Å². The number of phenolic OH excluding ortho intramolecular Hbond substituents is 1. The molecule has 3 rings (SSSR count). The van der Waals surface area contributed by atoms with Crippen LogP contribution in [0, 0.1) is 10.1 Å². The van der Waals surface area contributed by atoms with Crippen LogP contribution < -0.4 is 5.11 Å². The Morgan fingerprint density at radius 2 is 2.14 bits per heavy atom. The minimum Gasteiger partial charge on any atom is -0.872 e. The number of nitro groups is 1. The van der Waals surface area contributed by atoms with E-state index in [1.807, 2.05) is 0 Å². The van der Waals surface area contributed by atoms with Gasteiger partial charge in [-0.05, 0) is 17.7 Å². The topological polar surface area (TPSA) is 112 Å². The van der Waals surface area contributed by atoms with Crippen LogP contribution >= 0.6 is 11.3 Å². The van der Waals surface area contributed by atoms with Gasteiger partial charge in [-0.25, -0.2) is 9.98 Å². The van der Waals surface area contributed by atoms with Crippen LogP contribution in [0.4, 0.5) is 10.8 Å². The highest BCUT2D eigenvalue weighted by Crippen LogP contribution is 2.33. The molecule has 3 aromatic rings. The number of nitro benzene ring substituents is 1. The molecule has 0 aliphatic rings. The molecule has 0 bridgehead atoms.